The van der Waals surface area contributed by atoms with Crippen molar-refractivity contribution in [3.05, 3.63) is 95.8 Å². The van der Waals surface area contributed by atoms with Crippen LogP contribution in [0.25, 0.3) is 10.8 Å². The van der Waals surface area contributed by atoms with Gasteiger partial charge < -0.3 is 20.9 Å². The molecule has 1 aliphatic heterocycles. The first-order valence-electron chi connectivity index (χ1n) is 11.6. The molecule has 172 valence electrons. The van der Waals surface area contributed by atoms with Gasteiger partial charge in [-0.25, -0.2) is 4.98 Å². The average molecular weight is 452 g/mol. The number of primary amides is 1. The van der Waals surface area contributed by atoms with Crippen LogP contribution in [0.15, 0.2) is 79.0 Å². The van der Waals surface area contributed by atoms with E-state index in [1.165, 1.54) is 22.0 Å². The van der Waals surface area contributed by atoms with Crippen molar-refractivity contribution in [2.75, 3.05) is 43.4 Å². The van der Waals surface area contributed by atoms with Crippen LogP contribution in [0.1, 0.15) is 21.6 Å². The normalized spacial score (nSPS) is 14.3. The monoisotopic (exact) mass is 451 g/mol. The van der Waals surface area contributed by atoms with Crippen LogP contribution >= 0.6 is 0 Å². The Morgan fingerprint density at radius 2 is 1.65 bits per heavy atom. The van der Waals surface area contributed by atoms with Gasteiger partial charge >= 0.3 is 0 Å². The van der Waals surface area contributed by atoms with Gasteiger partial charge in [0.1, 0.15) is 0 Å². The summed E-state index contributed by atoms with van der Waals surface area (Å²) in [6.07, 6.45) is 2.45. The SMILES string of the molecule is CN1CCN(c2ccc(Nc3cc(Cc4ccc5ccccc5c4)cnc3C(N)=O)cc2)CC1. The van der Waals surface area contributed by atoms with E-state index in [0.29, 0.717) is 12.1 Å². The van der Waals surface area contributed by atoms with Crippen LogP contribution in [-0.4, -0.2) is 49.0 Å². The summed E-state index contributed by atoms with van der Waals surface area (Å²) in [5, 5.41) is 5.78. The molecule has 2 heterocycles. The van der Waals surface area contributed by atoms with Gasteiger partial charge in [0, 0.05) is 43.8 Å². The molecule has 1 aromatic heterocycles. The molecule has 0 unspecified atom stereocenters. The highest BCUT2D eigenvalue weighted by Crippen LogP contribution is 2.25. The summed E-state index contributed by atoms with van der Waals surface area (Å²) >= 11 is 0. The van der Waals surface area contributed by atoms with Gasteiger partial charge in [0.25, 0.3) is 5.91 Å². The number of anilines is 3. The van der Waals surface area contributed by atoms with E-state index in [9.17, 15) is 4.79 Å². The predicted molar refractivity (Wildman–Crippen MR) is 139 cm³/mol. The third kappa shape index (κ3) is 4.87. The minimum Gasteiger partial charge on any atom is -0.369 e. The van der Waals surface area contributed by atoms with E-state index in [0.717, 1.165) is 37.4 Å². The molecule has 0 bridgehead atoms. The number of pyridine rings is 1. The second kappa shape index (κ2) is 9.53. The van der Waals surface area contributed by atoms with E-state index in [1.807, 2.05) is 30.3 Å². The van der Waals surface area contributed by atoms with E-state index >= 15 is 0 Å². The van der Waals surface area contributed by atoms with Gasteiger partial charge in [-0.05, 0) is 65.7 Å². The minimum absolute atomic E-state index is 0.241. The molecule has 0 aliphatic carbocycles. The zero-order valence-corrected chi connectivity index (χ0v) is 19.4. The Bertz CT molecular complexity index is 1310. The van der Waals surface area contributed by atoms with Crippen molar-refractivity contribution in [2.24, 2.45) is 5.73 Å². The highest BCUT2D eigenvalue weighted by molar-refractivity contribution is 5.97. The van der Waals surface area contributed by atoms with Crippen LogP contribution in [0.2, 0.25) is 0 Å². The highest BCUT2D eigenvalue weighted by Gasteiger charge is 2.15. The number of fused-ring (bicyclic) bond motifs is 1. The molecule has 0 radical (unpaired) electrons. The van der Waals surface area contributed by atoms with Crippen LogP contribution in [-0.2, 0) is 6.42 Å². The summed E-state index contributed by atoms with van der Waals surface area (Å²) in [6.45, 7) is 4.18. The molecule has 0 saturated carbocycles. The average Bonchev–Trinajstić information content (AvgIpc) is 2.85. The number of nitrogens with zero attached hydrogens (tertiary/aromatic N) is 3. The van der Waals surface area contributed by atoms with Gasteiger partial charge in [0.2, 0.25) is 0 Å². The van der Waals surface area contributed by atoms with Crippen molar-refractivity contribution >= 4 is 33.7 Å². The predicted octanol–water partition coefficient (Wildman–Crippen LogP) is 4.42. The molecular weight excluding hydrogens is 422 g/mol. The zero-order valence-electron chi connectivity index (χ0n) is 19.4. The summed E-state index contributed by atoms with van der Waals surface area (Å²) in [7, 11) is 2.16. The van der Waals surface area contributed by atoms with Crippen LogP contribution in [0.5, 0.6) is 0 Å². The number of nitrogens with two attached hydrogens (primary N) is 1. The molecule has 1 saturated heterocycles. The van der Waals surface area contributed by atoms with Crippen molar-refractivity contribution in [1.82, 2.24) is 9.88 Å². The lowest BCUT2D eigenvalue weighted by Gasteiger charge is -2.34. The number of aromatic nitrogens is 1. The Morgan fingerprint density at radius 1 is 0.912 bits per heavy atom. The molecule has 5 rings (SSSR count). The van der Waals surface area contributed by atoms with Crippen LogP contribution < -0.4 is 16.0 Å². The molecule has 6 heteroatoms. The quantitative estimate of drug-likeness (QED) is 0.454. The lowest BCUT2D eigenvalue weighted by Crippen LogP contribution is -2.44. The fourth-order valence-corrected chi connectivity index (χ4v) is 4.46. The summed E-state index contributed by atoms with van der Waals surface area (Å²) in [6, 6.07) is 25.1. The summed E-state index contributed by atoms with van der Waals surface area (Å²) in [5.41, 5.74) is 10.8. The van der Waals surface area contributed by atoms with E-state index in [4.69, 9.17) is 5.73 Å². The summed E-state index contributed by atoms with van der Waals surface area (Å²) in [4.78, 5) is 21.1. The number of hydrogen-bond acceptors (Lipinski definition) is 5. The number of rotatable bonds is 6. The number of hydrogen-bond donors (Lipinski definition) is 2. The van der Waals surface area contributed by atoms with E-state index < -0.39 is 5.91 Å². The van der Waals surface area contributed by atoms with Gasteiger partial charge in [-0.15, -0.1) is 0 Å². The second-order valence-electron chi connectivity index (χ2n) is 8.92. The maximum absolute atomic E-state index is 12.0. The summed E-state index contributed by atoms with van der Waals surface area (Å²) < 4.78 is 0. The van der Waals surface area contributed by atoms with Crippen LogP contribution in [0.4, 0.5) is 17.1 Å². The molecule has 1 fully saturated rings. The van der Waals surface area contributed by atoms with Gasteiger partial charge in [-0.3, -0.25) is 4.79 Å². The molecular formula is C28H29N5O. The third-order valence-electron chi connectivity index (χ3n) is 6.41. The van der Waals surface area contributed by atoms with Crippen molar-refractivity contribution in [1.29, 1.82) is 0 Å². The first-order valence-corrected chi connectivity index (χ1v) is 11.6. The largest absolute Gasteiger partial charge is 0.369 e. The van der Waals surface area contributed by atoms with E-state index in [-0.39, 0.29) is 5.69 Å². The van der Waals surface area contributed by atoms with Crippen LogP contribution in [0.3, 0.4) is 0 Å². The standard InChI is InChI=1S/C28H29N5O/c1-32-12-14-33(15-13-32)25-10-8-24(9-11-25)31-26-18-21(19-30-27(26)28(29)34)16-20-6-7-22-4-2-3-5-23(22)17-20/h2-11,17-19,31H,12-16H2,1H3,(H2,29,34). The van der Waals surface area contributed by atoms with Gasteiger partial charge in [-0.2, -0.15) is 0 Å². The number of nitrogens with one attached hydrogen (secondary N) is 1. The van der Waals surface area contributed by atoms with E-state index in [2.05, 4.69) is 69.6 Å². The smallest absolute Gasteiger partial charge is 0.269 e. The molecule has 1 aliphatic rings. The fourth-order valence-electron chi connectivity index (χ4n) is 4.46. The lowest BCUT2D eigenvalue weighted by molar-refractivity contribution is 0.0996. The lowest BCUT2D eigenvalue weighted by atomic mass is 10.0. The molecule has 6 nitrogen and oxygen atoms in total. The maximum atomic E-state index is 12.0. The van der Waals surface area contributed by atoms with Crippen molar-refractivity contribution in [3.63, 3.8) is 0 Å². The second-order valence-corrected chi connectivity index (χ2v) is 8.92. The Labute approximate surface area is 200 Å². The number of amides is 1. The molecule has 34 heavy (non-hydrogen) atoms. The van der Waals surface area contributed by atoms with Gasteiger partial charge in [0.15, 0.2) is 5.69 Å². The molecule has 0 spiro atoms. The van der Waals surface area contributed by atoms with Crippen molar-refractivity contribution < 1.29 is 4.79 Å². The number of carbonyl (C=O) groups excluding carboxylic acids is 1. The third-order valence-corrected chi connectivity index (χ3v) is 6.41. The minimum atomic E-state index is -0.547. The first kappa shape index (κ1) is 21.9. The Balaban J connectivity index is 1.36. The van der Waals surface area contributed by atoms with Crippen molar-refractivity contribution in [3.8, 4) is 0 Å². The van der Waals surface area contributed by atoms with Crippen LogP contribution in [0, 0.1) is 0 Å². The Kier molecular flexibility index (Phi) is 6.14. The fraction of sp³-hybridized carbons (Fsp3) is 0.214. The van der Waals surface area contributed by atoms with Gasteiger partial charge in [0.05, 0.1) is 5.69 Å². The number of carbonyl (C=O) groups is 1. The number of benzene rings is 3. The maximum Gasteiger partial charge on any atom is 0.269 e. The topological polar surface area (TPSA) is 74.5 Å². The Morgan fingerprint density at radius 3 is 2.38 bits per heavy atom. The molecule has 4 aromatic rings. The zero-order chi connectivity index (χ0) is 23.5. The molecule has 0 atom stereocenters. The molecule has 3 aromatic carbocycles. The van der Waals surface area contributed by atoms with Crippen molar-refractivity contribution in [2.45, 2.75) is 6.42 Å². The Hall–Kier alpha value is -3.90. The molecule has 3 N–H and O–H groups in total. The van der Waals surface area contributed by atoms with Gasteiger partial charge in [-0.1, -0.05) is 42.5 Å². The highest BCUT2D eigenvalue weighted by atomic mass is 16.1. The number of likely N-dealkylation sites (N-methyl/N-ethyl adjacent to an activating group) is 1. The molecule has 1 amide bonds. The van der Waals surface area contributed by atoms with E-state index in [1.54, 1.807) is 6.20 Å². The first-order chi connectivity index (χ1) is 16.5. The number of piperazine rings is 1. The summed E-state index contributed by atoms with van der Waals surface area (Å²) in [5.74, 6) is -0.547.